The fourth-order valence-electron chi connectivity index (χ4n) is 3.00. The number of carbonyl (C=O) groups excluding carboxylic acids is 2. The number of hydrogen-bond donors (Lipinski definition) is 1. The van der Waals surface area contributed by atoms with Crippen molar-refractivity contribution in [3.05, 3.63) is 95.8 Å². The van der Waals surface area contributed by atoms with Crippen molar-refractivity contribution in [2.45, 2.75) is 18.4 Å². The van der Waals surface area contributed by atoms with Gasteiger partial charge in [0.25, 0.3) is 15.9 Å². The number of ether oxygens (including phenoxy) is 1. The Kier molecular flexibility index (Phi) is 7.78. The molecule has 3 rings (SSSR count). The summed E-state index contributed by atoms with van der Waals surface area (Å²) in [6.45, 7) is 2.18. The van der Waals surface area contributed by atoms with Gasteiger partial charge in [-0.3, -0.25) is 9.52 Å². The SMILES string of the molecule is CCN(Cc1ccccc1)C(=O)COC(=O)c1cccc(S(=O)(=O)Nc2ccc(F)cc2)c1. The van der Waals surface area contributed by atoms with E-state index in [0.717, 1.165) is 23.8 Å². The maximum Gasteiger partial charge on any atom is 0.338 e. The summed E-state index contributed by atoms with van der Waals surface area (Å²) in [5, 5.41) is 0. The lowest BCUT2D eigenvalue weighted by molar-refractivity contribution is -0.134. The number of carbonyl (C=O) groups is 2. The first-order valence-electron chi connectivity index (χ1n) is 10.2. The molecule has 0 aliphatic rings. The molecule has 172 valence electrons. The van der Waals surface area contributed by atoms with Gasteiger partial charge in [-0.1, -0.05) is 36.4 Å². The molecule has 0 aromatic heterocycles. The van der Waals surface area contributed by atoms with Crippen LogP contribution in [-0.2, 0) is 26.1 Å². The molecule has 0 heterocycles. The third-order valence-electron chi connectivity index (χ3n) is 4.75. The number of rotatable bonds is 9. The molecule has 0 radical (unpaired) electrons. The number of nitrogens with zero attached hydrogens (tertiary/aromatic N) is 1. The molecule has 0 aliphatic carbocycles. The molecule has 33 heavy (non-hydrogen) atoms. The first-order chi connectivity index (χ1) is 15.8. The van der Waals surface area contributed by atoms with Crippen LogP contribution in [-0.4, -0.2) is 38.3 Å². The monoisotopic (exact) mass is 470 g/mol. The number of likely N-dealkylation sites (N-methyl/N-ethyl adjacent to an activating group) is 1. The molecule has 0 bridgehead atoms. The molecule has 3 aromatic carbocycles. The fraction of sp³-hybridized carbons (Fsp3) is 0.167. The Bertz CT molecular complexity index is 1220. The van der Waals surface area contributed by atoms with Crippen LogP contribution < -0.4 is 4.72 Å². The summed E-state index contributed by atoms with van der Waals surface area (Å²) in [4.78, 5) is 26.3. The minimum Gasteiger partial charge on any atom is -0.452 e. The molecule has 1 N–H and O–H groups in total. The van der Waals surface area contributed by atoms with Gasteiger partial charge in [0.2, 0.25) is 0 Å². The van der Waals surface area contributed by atoms with E-state index in [2.05, 4.69) is 4.72 Å². The van der Waals surface area contributed by atoms with E-state index < -0.39 is 28.4 Å². The summed E-state index contributed by atoms with van der Waals surface area (Å²) in [6, 6.07) is 19.5. The van der Waals surface area contributed by atoms with Crippen molar-refractivity contribution < 1.29 is 27.1 Å². The average molecular weight is 471 g/mol. The second-order valence-electron chi connectivity index (χ2n) is 7.11. The molecule has 0 fully saturated rings. The van der Waals surface area contributed by atoms with Crippen LogP contribution in [0.3, 0.4) is 0 Å². The van der Waals surface area contributed by atoms with E-state index in [1.807, 2.05) is 37.3 Å². The summed E-state index contributed by atoms with van der Waals surface area (Å²) >= 11 is 0. The number of amides is 1. The van der Waals surface area contributed by atoms with Crippen LogP contribution >= 0.6 is 0 Å². The molecule has 0 atom stereocenters. The van der Waals surface area contributed by atoms with Gasteiger partial charge >= 0.3 is 5.97 Å². The minimum absolute atomic E-state index is 0.0177. The Labute approximate surface area is 191 Å². The maximum atomic E-state index is 13.0. The zero-order valence-electron chi connectivity index (χ0n) is 17.9. The number of halogens is 1. The van der Waals surface area contributed by atoms with Gasteiger partial charge in [0.1, 0.15) is 5.82 Å². The van der Waals surface area contributed by atoms with E-state index in [9.17, 15) is 22.4 Å². The average Bonchev–Trinajstić information content (AvgIpc) is 2.83. The predicted octanol–water partition coefficient (Wildman–Crippen LogP) is 3.83. The van der Waals surface area contributed by atoms with Gasteiger partial charge in [0.15, 0.2) is 6.61 Å². The molecule has 3 aromatic rings. The molecule has 1 amide bonds. The minimum atomic E-state index is -4.02. The quantitative estimate of drug-likeness (QED) is 0.480. The molecular weight excluding hydrogens is 447 g/mol. The Morgan fingerprint density at radius 1 is 0.970 bits per heavy atom. The van der Waals surface area contributed by atoms with E-state index in [1.165, 1.54) is 30.3 Å². The van der Waals surface area contributed by atoms with Crippen LogP contribution in [0.15, 0.2) is 83.8 Å². The predicted molar refractivity (Wildman–Crippen MR) is 121 cm³/mol. The Morgan fingerprint density at radius 3 is 2.33 bits per heavy atom. The van der Waals surface area contributed by atoms with Crippen molar-refractivity contribution in [2.24, 2.45) is 0 Å². The van der Waals surface area contributed by atoms with Crippen molar-refractivity contribution >= 4 is 27.6 Å². The molecule has 7 nitrogen and oxygen atoms in total. The van der Waals surface area contributed by atoms with E-state index in [4.69, 9.17) is 4.74 Å². The number of nitrogens with one attached hydrogen (secondary N) is 1. The van der Waals surface area contributed by atoms with Crippen LogP contribution in [0.2, 0.25) is 0 Å². The van der Waals surface area contributed by atoms with Gasteiger partial charge in [0, 0.05) is 18.8 Å². The van der Waals surface area contributed by atoms with Crippen molar-refractivity contribution in [1.82, 2.24) is 4.90 Å². The number of sulfonamides is 1. The number of hydrogen-bond acceptors (Lipinski definition) is 5. The van der Waals surface area contributed by atoms with E-state index >= 15 is 0 Å². The van der Waals surface area contributed by atoms with Crippen molar-refractivity contribution in [3.63, 3.8) is 0 Å². The number of anilines is 1. The molecule has 0 aliphatic heterocycles. The van der Waals surface area contributed by atoms with E-state index in [0.29, 0.717) is 13.1 Å². The molecule has 0 saturated carbocycles. The summed E-state index contributed by atoms with van der Waals surface area (Å²) in [5.41, 5.74) is 1.11. The highest BCUT2D eigenvalue weighted by molar-refractivity contribution is 7.92. The molecule has 0 unspecified atom stereocenters. The smallest absolute Gasteiger partial charge is 0.338 e. The van der Waals surface area contributed by atoms with Gasteiger partial charge in [-0.15, -0.1) is 0 Å². The standard InChI is InChI=1S/C24H23FN2O5S/c1-2-27(16-18-7-4-3-5-8-18)23(28)17-32-24(29)19-9-6-10-22(15-19)33(30,31)26-21-13-11-20(25)12-14-21/h3-15,26H,2,16-17H2,1H3. The van der Waals surface area contributed by atoms with Gasteiger partial charge in [-0.05, 0) is 55.0 Å². The Balaban J connectivity index is 1.64. The van der Waals surface area contributed by atoms with Crippen LogP contribution in [0.4, 0.5) is 10.1 Å². The third kappa shape index (κ3) is 6.63. The summed E-state index contributed by atoms with van der Waals surface area (Å²) in [6.07, 6.45) is 0. The number of benzene rings is 3. The molecular formula is C24H23FN2O5S. The normalized spacial score (nSPS) is 11.0. The Morgan fingerprint density at radius 2 is 1.67 bits per heavy atom. The van der Waals surface area contributed by atoms with Gasteiger partial charge < -0.3 is 9.64 Å². The summed E-state index contributed by atoms with van der Waals surface area (Å²) in [5.74, 6) is -1.68. The fourth-order valence-corrected chi connectivity index (χ4v) is 4.11. The lowest BCUT2D eigenvalue weighted by atomic mass is 10.2. The lowest BCUT2D eigenvalue weighted by Gasteiger charge is -2.20. The second-order valence-corrected chi connectivity index (χ2v) is 8.79. The highest BCUT2D eigenvalue weighted by Crippen LogP contribution is 2.18. The van der Waals surface area contributed by atoms with E-state index in [1.54, 1.807) is 4.90 Å². The maximum absolute atomic E-state index is 13.0. The van der Waals surface area contributed by atoms with Gasteiger partial charge in [-0.2, -0.15) is 0 Å². The highest BCUT2D eigenvalue weighted by atomic mass is 32.2. The topological polar surface area (TPSA) is 92.8 Å². The Hall–Kier alpha value is -3.72. The van der Waals surface area contributed by atoms with Gasteiger partial charge in [0.05, 0.1) is 10.5 Å². The zero-order chi connectivity index (χ0) is 23.8. The van der Waals surface area contributed by atoms with Crippen LogP contribution in [0.25, 0.3) is 0 Å². The highest BCUT2D eigenvalue weighted by Gasteiger charge is 2.19. The molecule has 0 saturated heterocycles. The second kappa shape index (κ2) is 10.7. The zero-order valence-corrected chi connectivity index (χ0v) is 18.7. The van der Waals surface area contributed by atoms with Crippen molar-refractivity contribution in [3.8, 4) is 0 Å². The van der Waals surface area contributed by atoms with Gasteiger partial charge in [-0.25, -0.2) is 17.6 Å². The lowest BCUT2D eigenvalue weighted by Crippen LogP contribution is -2.34. The number of esters is 1. The first kappa shape index (κ1) is 23.9. The van der Waals surface area contributed by atoms with Crippen LogP contribution in [0, 0.1) is 5.82 Å². The largest absolute Gasteiger partial charge is 0.452 e. The molecule has 9 heteroatoms. The van der Waals surface area contributed by atoms with Crippen LogP contribution in [0.1, 0.15) is 22.8 Å². The van der Waals surface area contributed by atoms with E-state index in [-0.39, 0.29) is 22.1 Å². The third-order valence-corrected chi connectivity index (χ3v) is 6.13. The van der Waals surface area contributed by atoms with Crippen molar-refractivity contribution in [1.29, 1.82) is 0 Å². The molecule has 0 spiro atoms. The van der Waals surface area contributed by atoms with Crippen LogP contribution in [0.5, 0.6) is 0 Å². The first-order valence-corrected chi connectivity index (χ1v) is 11.6. The summed E-state index contributed by atoms with van der Waals surface area (Å²) in [7, 11) is -4.02. The van der Waals surface area contributed by atoms with Crippen molar-refractivity contribution in [2.75, 3.05) is 17.9 Å². The summed E-state index contributed by atoms with van der Waals surface area (Å²) < 4.78 is 45.7.